The Balaban J connectivity index is 2.38. The van der Waals surface area contributed by atoms with Crippen LogP contribution >= 0.6 is 0 Å². The highest BCUT2D eigenvalue weighted by Crippen LogP contribution is 2.31. The number of H-pyrrole nitrogens is 1. The highest BCUT2D eigenvalue weighted by molar-refractivity contribution is 5.85. The second-order valence-corrected chi connectivity index (χ2v) is 5.26. The number of aromatic amines is 1. The van der Waals surface area contributed by atoms with Crippen molar-refractivity contribution >= 4 is 10.9 Å². The average molecular weight is 261 g/mol. The summed E-state index contributed by atoms with van der Waals surface area (Å²) in [5, 5.41) is 0.760. The number of aromatic nitrogens is 1. The number of ether oxygens (including phenoxy) is 1. The van der Waals surface area contributed by atoms with Crippen LogP contribution in [0.25, 0.3) is 10.9 Å². The van der Waals surface area contributed by atoms with Crippen molar-refractivity contribution < 1.29 is 9.13 Å². The number of nitrogens with one attached hydrogen (secondary N) is 1. The van der Waals surface area contributed by atoms with Gasteiger partial charge in [-0.05, 0) is 24.3 Å². The van der Waals surface area contributed by atoms with Crippen molar-refractivity contribution in [2.24, 2.45) is 0 Å². The Labute approximate surface area is 110 Å². The quantitative estimate of drug-likeness (QED) is 0.857. The predicted octanol–water partition coefficient (Wildman–Crippen LogP) is 3.12. The molecular formula is C15H16FNO2. The SMILES string of the molecule is CC(C)c1ccc2c3c(c(=O)[nH]c2c1F)OCCC3. The number of rotatable bonds is 1. The van der Waals surface area contributed by atoms with Crippen LogP contribution in [-0.4, -0.2) is 11.6 Å². The van der Waals surface area contributed by atoms with Gasteiger partial charge in [-0.3, -0.25) is 4.79 Å². The van der Waals surface area contributed by atoms with Crippen molar-refractivity contribution in [3.8, 4) is 5.75 Å². The van der Waals surface area contributed by atoms with E-state index in [2.05, 4.69) is 4.98 Å². The van der Waals surface area contributed by atoms with Crippen molar-refractivity contribution in [1.82, 2.24) is 4.98 Å². The third-order valence-corrected chi connectivity index (χ3v) is 3.66. The van der Waals surface area contributed by atoms with E-state index in [1.807, 2.05) is 19.9 Å². The molecule has 1 aliphatic rings. The third-order valence-electron chi connectivity index (χ3n) is 3.66. The van der Waals surface area contributed by atoms with Crippen LogP contribution in [0.4, 0.5) is 4.39 Å². The van der Waals surface area contributed by atoms with Gasteiger partial charge in [0.15, 0.2) is 11.6 Å². The molecule has 0 spiro atoms. The van der Waals surface area contributed by atoms with E-state index in [-0.39, 0.29) is 17.3 Å². The zero-order valence-corrected chi connectivity index (χ0v) is 11.0. The normalized spacial score (nSPS) is 14.5. The average Bonchev–Trinajstić information content (AvgIpc) is 2.40. The molecule has 1 N–H and O–H groups in total. The van der Waals surface area contributed by atoms with Crippen molar-refractivity contribution in [2.75, 3.05) is 6.61 Å². The molecule has 19 heavy (non-hydrogen) atoms. The zero-order valence-electron chi connectivity index (χ0n) is 11.0. The van der Waals surface area contributed by atoms with Crippen LogP contribution in [0, 0.1) is 5.82 Å². The first-order valence-corrected chi connectivity index (χ1v) is 6.59. The van der Waals surface area contributed by atoms with E-state index < -0.39 is 0 Å². The van der Waals surface area contributed by atoms with Gasteiger partial charge < -0.3 is 9.72 Å². The minimum Gasteiger partial charge on any atom is -0.488 e. The number of hydrogen-bond acceptors (Lipinski definition) is 2. The molecular weight excluding hydrogens is 245 g/mol. The maximum atomic E-state index is 14.5. The molecule has 1 aromatic heterocycles. The van der Waals surface area contributed by atoms with Gasteiger partial charge in [0.1, 0.15) is 0 Å². The molecule has 1 aromatic carbocycles. The molecule has 3 rings (SSSR count). The van der Waals surface area contributed by atoms with Crippen LogP contribution in [-0.2, 0) is 6.42 Å². The van der Waals surface area contributed by atoms with E-state index in [1.54, 1.807) is 6.07 Å². The summed E-state index contributed by atoms with van der Waals surface area (Å²) in [4.78, 5) is 14.6. The standard InChI is InChI=1S/C15H16FNO2/c1-8(2)9-5-6-10-11-4-3-7-19-14(11)15(18)17-13(10)12(9)16/h5-6,8H,3-4,7H2,1-2H3,(H,17,18). The minimum atomic E-state index is -0.331. The van der Waals surface area contributed by atoms with Gasteiger partial charge in [0.2, 0.25) is 0 Å². The molecule has 3 nitrogen and oxygen atoms in total. The molecule has 0 amide bonds. The Hall–Kier alpha value is -1.84. The monoisotopic (exact) mass is 261 g/mol. The lowest BCUT2D eigenvalue weighted by Crippen LogP contribution is -2.20. The van der Waals surface area contributed by atoms with Gasteiger partial charge in [-0.1, -0.05) is 26.0 Å². The highest BCUT2D eigenvalue weighted by atomic mass is 19.1. The first-order chi connectivity index (χ1) is 9.09. The molecule has 0 atom stereocenters. The van der Waals surface area contributed by atoms with Gasteiger partial charge in [-0.25, -0.2) is 4.39 Å². The second kappa shape index (κ2) is 4.37. The van der Waals surface area contributed by atoms with E-state index in [9.17, 15) is 9.18 Å². The molecule has 0 unspecified atom stereocenters. The second-order valence-electron chi connectivity index (χ2n) is 5.26. The van der Waals surface area contributed by atoms with E-state index >= 15 is 0 Å². The van der Waals surface area contributed by atoms with E-state index in [0.717, 1.165) is 23.8 Å². The Kier molecular flexibility index (Phi) is 2.81. The van der Waals surface area contributed by atoms with Gasteiger partial charge in [0.25, 0.3) is 5.56 Å². The van der Waals surface area contributed by atoms with Gasteiger partial charge in [-0.15, -0.1) is 0 Å². The summed E-state index contributed by atoms with van der Waals surface area (Å²) < 4.78 is 19.9. The minimum absolute atomic E-state index is 0.0835. The van der Waals surface area contributed by atoms with Crippen LogP contribution in [0.3, 0.4) is 0 Å². The summed E-state index contributed by atoms with van der Waals surface area (Å²) in [6, 6.07) is 3.69. The van der Waals surface area contributed by atoms with E-state index in [4.69, 9.17) is 4.74 Å². The van der Waals surface area contributed by atoms with Crippen LogP contribution in [0.2, 0.25) is 0 Å². The number of halogens is 1. The summed E-state index contributed by atoms with van der Waals surface area (Å²) in [5.41, 5.74) is 1.43. The summed E-state index contributed by atoms with van der Waals surface area (Å²) in [6.45, 7) is 4.42. The van der Waals surface area contributed by atoms with Crippen molar-refractivity contribution in [3.05, 3.63) is 39.4 Å². The molecule has 2 aromatic rings. The summed E-state index contributed by atoms with van der Waals surface area (Å²) in [5.74, 6) is 0.119. The molecule has 0 fully saturated rings. The van der Waals surface area contributed by atoms with Gasteiger partial charge in [0.05, 0.1) is 12.1 Å². The van der Waals surface area contributed by atoms with Gasteiger partial charge in [-0.2, -0.15) is 0 Å². The Morgan fingerprint density at radius 3 is 2.89 bits per heavy atom. The van der Waals surface area contributed by atoms with Crippen molar-refractivity contribution in [3.63, 3.8) is 0 Å². The molecule has 0 aliphatic carbocycles. The Bertz CT molecular complexity index is 703. The molecule has 4 heteroatoms. The fraction of sp³-hybridized carbons (Fsp3) is 0.400. The largest absolute Gasteiger partial charge is 0.488 e. The number of benzene rings is 1. The summed E-state index contributed by atoms with van der Waals surface area (Å²) >= 11 is 0. The summed E-state index contributed by atoms with van der Waals surface area (Å²) in [6.07, 6.45) is 1.62. The number of hydrogen-bond donors (Lipinski definition) is 1. The molecule has 0 saturated heterocycles. The lowest BCUT2D eigenvalue weighted by molar-refractivity contribution is 0.285. The maximum absolute atomic E-state index is 14.5. The number of pyridine rings is 1. The van der Waals surface area contributed by atoms with Crippen molar-refractivity contribution in [1.29, 1.82) is 0 Å². The van der Waals surface area contributed by atoms with E-state index in [1.165, 1.54) is 0 Å². The molecule has 0 radical (unpaired) electrons. The first kappa shape index (κ1) is 12.2. The molecule has 100 valence electrons. The summed E-state index contributed by atoms with van der Waals surface area (Å²) in [7, 11) is 0. The van der Waals surface area contributed by atoms with Crippen LogP contribution in [0.5, 0.6) is 5.75 Å². The third kappa shape index (κ3) is 1.82. The highest BCUT2D eigenvalue weighted by Gasteiger charge is 2.20. The van der Waals surface area contributed by atoms with Crippen molar-refractivity contribution in [2.45, 2.75) is 32.6 Å². The fourth-order valence-corrected chi connectivity index (χ4v) is 2.67. The molecule has 0 bridgehead atoms. The lowest BCUT2D eigenvalue weighted by Gasteiger charge is -2.19. The zero-order chi connectivity index (χ0) is 13.6. The first-order valence-electron chi connectivity index (χ1n) is 6.59. The topological polar surface area (TPSA) is 42.1 Å². The van der Waals surface area contributed by atoms with Gasteiger partial charge >= 0.3 is 0 Å². The van der Waals surface area contributed by atoms with Crippen LogP contribution in [0.1, 0.15) is 37.3 Å². The van der Waals surface area contributed by atoms with E-state index in [0.29, 0.717) is 23.4 Å². The lowest BCUT2D eigenvalue weighted by atomic mass is 9.96. The number of aryl methyl sites for hydroxylation is 1. The fourth-order valence-electron chi connectivity index (χ4n) is 2.67. The number of fused-ring (bicyclic) bond motifs is 3. The smallest absolute Gasteiger partial charge is 0.291 e. The molecule has 2 heterocycles. The predicted molar refractivity (Wildman–Crippen MR) is 72.4 cm³/mol. The Morgan fingerprint density at radius 1 is 1.37 bits per heavy atom. The molecule has 1 aliphatic heterocycles. The van der Waals surface area contributed by atoms with Crippen LogP contribution < -0.4 is 10.3 Å². The molecule has 0 saturated carbocycles. The van der Waals surface area contributed by atoms with Gasteiger partial charge in [0, 0.05) is 10.9 Å². The maximum Gasteiger partial charge on any atom is 0.291 e. The van der Waals surface area contributed by atoms with Crippen LogP contribution in [0.15, 0.2) is 16.9 Å². The Morgan fingerprint density at radius 2 is 2.16 bits per heavy atom.